The smallest absolute Gasteiger partial charge is 0.317 e. The monoisotopic (exact) mass is 447 g/mol. The number of aromatic nitrogens is 2. The highest BCUT2D eigenvalue weighted by Crippen LogP contribution is 2.22. The van der Waals surface area contributed by atoms with Crippen molar-refractivity contribution in [1.82, 2.24) is 20.2 Å². The first-order chi connectivity index (χ1) is 13.5. The van der Waals surface area contributed by atoms with E-state index in [1.807, 2.05) is 32.2 Å². The van der Waals surface area contributed by atoms with Crippen molar-refractivity contribution in [3.05, 3.63) is 46.2 Å². The third-order valence-electron chi connectivity index (χ3n) is 5.09. The standard InChI is InChI=1S/C20H26BrN5O2/c1-14-9-15(6-7-17(14)21)11-22-20(27)25(2)16-5-4-8-26(12-16)18-10-19(28-3)24-13-23-18/h6-7,9-10,13,16H,4-5,8,11-12H2,1-3H3,(H,22,27)/t16-/m1/s1. The number of amides is 2. The number of nitrogens with one attached hydrogen (secondary N) is 1. The number of aryl methyl sites for hydroxylation is 1. The number of carbonyl (C=O) groups excluding carboxylic acids is 1. The van der Waals surface area contributed by atoms with Gasteiger partial charge in [0.15, 0.2) is 0 Å². The van der Waals surface area contributed by atoms with Gasteiger partial charge in [0.1, 0.15) is 12.1 Å². The van der Waals surface area contributed by atoms with E-state index in [-0.39, 0.29) is 12.1 Å². The van der Waals surface area contributed by atoms with E-state index in [0.717, 1.165) is 47.3 Å². The minimum absolute atomic E-state index is 0.0623. The van der Waals surface area contributed by atoms with Gasteiger partial charge in [0.05, 0.1) is 13.2 Å². The summed E-state index contributed by atoms with van der Waals surface area (Å²) in [5.74, 6) is 1.37. The fraction of sp³-hybridized carbons (Fsp3) is 0.450. The van der Waals surface area contributed by atoms with Crippen LogP contribution in [0.3, 0.4) is 0 Å². The van der Waals surface area contributed by atoms with E-state index < -0.39 is 0 Å². The zero-order valence-corrected chi connectivity index (χ0v) is 18.1. The molecule has 7 nitrogen and oxygen atoms in total. The van der Waals surface area contributed by atoms with Gasteiger partial charge in [0, 0.05) is 37.2 Å². The Morgan fingerprint density at radius 3 is 2.96 bits per heavy atom. The molecule has 0 radical (unpaired) electrons. The van der Waals surface area contributed by atoms with E-state index in [0.29, 0.717) is 12.4 Å². The van der Waals surface area contributed by atoms with Crippen LogP contribution in [0.5, 0.6) is 5.88 Å². The number of methoxy groups -OCH3 is 1. The maximum absolute atomic E-state index is 12.7. The lowest BCUT2D eigenvalue weighted by molar-refractivity contribution is 0.182. The van der Waals surface area contributed by atoms with Crippen molar-refractivity contribution in [2.45, 2.75) is 32.4 Å². The molecule has 1 aliphatic heterocycles. The molecule has 150 valence electrons. The maximum atomic E-state index is 12.7. The number of urea groups is 1. The fourth-order valence-electron chi connectivity index (χ4n) is 3.38. The van der Waals surface area contributed by atoms with Gasteiger partial charge >= 0.3 is 6.03 Å². The van der Waals surface area contributed by atoms with Gasteiger partial charge in [-0.25, -0.2) is 14.8 Å². The first kappa shape index (κ1) is 20.4. The highest BCUT2D eigenvalue weighted by atomic mass is 79.9. The Balaban J connectivity index is 1.58. The first-order valence-electron chi connectivity index (χ1n) is 9.34. The molecule has 0 unspecified atom stereocenters. The predicted octanol–water partition coefficient (Wildman–Crippen LogP) is 3.37. The van der Waals surface area contributed by atoms with Crippen LogP contribution < -0.4 is 15.0 Å². The zero-order valence-electron chi connectivity index (χ0n) is 16.5. The van der Waals surface area contributed by atoms with Gasteiger partial charge < -0.3 is 19.9 Å². The second-order valence-electron chi connectivity index (χ2n) is 7.01. The molecule has 0 bridgehead atoms. The Morgan fingerprint density at radius 2 is 2.21 bits per heavy atom. The van der Waals surface area contributed by atoms with E-state index in [4.69, 9.17) is 4.74 Å². The SMILES string of the molecule is COc1cc(N2CCC[C@@H](N(C)C(=O)NCc3ccc(Br)c(C)c3)C2)ncn1. The summed E-state index contributed by atoms with van der Waals surface area (Å²) in [4.78, 5) is 25.1. The highest BCUT2D eigenvalue weighted by molar-refractivity contribution is 9.10. The van der Waals surface area contributed by atoms with Crippen LogP contribution in [0.15, 0.2) is 35.1 Å². The summed E-state index contributed by atoms with van der Waals surface area (Å²) < 4.78 is 6.27. The zero-order chi connectivity index (χ0) is 20.1. The number of anilines is 1. The topological polar surface area (TPSA) is 70.6 Å². The third kappa shape index (κ3) is 4.92. The van der Waals surface area contributed by atoms with Crippen molar-refractivity contribution in [3.8, 4) is 5.88 Å². The minimum atomic E-state index is -0.0623. The number of hydrogen-bond donors (Lipinski definition) is 1. The van der Waals surface area contributed by atoms with E-state index in [2.05, 4.69) is 42.2 Å². The molecule has 1 aliphatic rings. The number of hydrogen-bond acceptors (Lipinski definition) is 5. The van der Waals surface area contributed by atoms with Gasteiger partial charge in [-0.2, -0.15) is 0 Å². The van der Waals surface area contributed by atoms with Crippen LogP contribution in [0, 0.1) is 6.92 Å². The molecule has 2 aromatic rings. The summed E-state index contributed by atoms with van der Waals surface area (Å²) >= 11 is 3.50. The van der Waals surface area contributed by atoms with Gasteiger partial charge in [-0.05, 0) is 37.0 Å². The quantitative estimate of drug-likeness (QED) is 0.760. The molecule has 28 heavy (non-hydrogen) atoms. The van der Waals surface area contributed by atoms with Crippen molar-refractivity contribution < 1.29 is 9.53 Å². The van der Waals surface area contributed by atoms with Crippen molar-refractivity contribution in [3.63, 3.8) is 0 Å². The summed E-state index contributed by atoms with van der Waals surface area (Å²) in [7, 11) is 3.45. The molecule has 1 aromatic carbocycles. The number of carbonyl (C=O) groups is 1. The largest absolute Gasteiger partial charge is 0.481 e. The molecule has 3 rings (SSSR count). The number of ether oxygens (including phenoxy) is 1. The Bertz CT molecular complexity index is 832. The van der Waals surface area contributed by atoms with Crippen molar-refractivity contribution in [1.29, 1.82) is 0 Å². The molecule has 0 saturated carbocycles. The summed E-state index contributed by atoms with van der Waals surface area (Å²) in [5.41, 5.74) is 2.24. The van der Waals surface area contributed by atoms with E-state index in [9.17, 15) is 4.79 Å². The summed E-state index contributed by atoms with van der Waals surface area (Å²) in [6, 6.07) is 8.00. The molecule has 8 heteroatoms. The summed E-state index contributed by atoms with van der Waals surface area (Å²) in [6.07, 6.45) is 3.48. The Kier molecular flexibility index (Phi) is 6.72. The molecule has 1 aromatic heterocycles. The van der Waals surface area contributed by atoms with Gasteiger partial charge in [-0.1, -0.05) is 28.1 Å². The lowest BCUT2D eigenvalue weighted by Gasteiger charge is -2.38. The summed E-state index contributed by atoms with van der Waals surface area (Å²) in [6.45, 7) is 4.20. The van der Waals surface area contributed by atoms with Crippen LogP contribution in [0.4, 0.5) is 10.6 Å². The van der Waals surface area contributed by atoms with Gasteiger partial charge in [-0.3, -0.25) is 0 Å². The van der Waals surface area contributed by atoms with Crippen LogP contribution >= 0.6 is 15.9 Å². The molecular formula is C20H26BrN5O2. The molecular weight excluding hydrogens is 422 g/mol. The molecule has 1 fully saturated rings. The average molecular weight is 448 g/mol. The molecule has 0 aliphatic carbocycles. The number of rotatable bonds is 5. The van der Waals surface area contributed by atoms with E-state index in [1.165, 1.54) is 6.33 Å². The normalized spacial score (nSPS) is 16.6. The second-order valence-corrected chi connectivity index (χ2v) is 7.87. The van der Waals surface area contributed by atoms with Crippen LogP contribution in [0.2, 0.25) is 0 Å². The van der Waals surface area contributed by atoms with E-state index >= 15 is 0 Å². The molecule has 0 spiro atoms. The van der Waals surface area contributed by atoms with E-state index in [1.54, 1.807) is 12.0 Å². The van der Waals surface area contributed by atoms with Gasteiger partial charge in [-0.15, -0.1) is 0 Å². The number of halogens is 1. The van der Waals surface area contributed by atoms with Crippen molar-refractivity contribution >= 4 is 27.8 Å². The number of benzene rings is 1. The third-order valence-corrected chi connectivity index (χ3v) is 5.98. The Labute approximate surface area is 174 Å². The van der Waals surface area contributed by atoms with Crippen LogP contribution in [0.1, 0.15) is 24.0 Å². The van der Waals surface area contributed by atoms with Gasteiger partial charge in [0.2, 0.25) is 5.88 Å². The molecule has 2 amide bonds. The average Bonchev–Trinajstić information content (AvgIpc) is 2.74. The maximum Gasteiger partial charge on any atom is 0.317 e. The Hall–Kier alpha value is -2.35. The van der Waals surface area contributed by atoms with Crippen LogP contribution in [-0.2, 0) is 6.54 Å². The molecule has 1 saturated heterocycles. The number of likely N-dealkylation sites (N-methyl/N-ethyl adjacent to an activating group) is 1. The Morgan fingerprint density at radius 1 is 1.39 bits per heavy atom. The highest BCUT2D eigenvalue weighted by Gasteiger charge is 2.27. The molecule has 2 heterocycles. The fourth-order valence-corrected chi connectivity index (χ4v) is 3.62. The number of nitrogens with zero attached hydrogens (tertiary/aromatic N) is 4. The van der Waals surface area contributed by atoms with Crippen molar-refractivity contribution in [2.75, 3.05) is 32.1 Å². The lowest BCUT2D eigenvalue weighted by Crippen LogP contribution is -2.51. The number of piperidine rings is 1. The molecule has 1 atom stereocenters. The minimum Gasteiger partial charge on any atom is -0.481 e. The summed E-state index contributed by atoms with van der Waals surface area (Å²) in [5, 5.41) is 3.02. The van der Waals surface area contributed by atoms with Crippen LogP contribution in [-0.4, -0.2) is 54.2 Å². The van der Waals surface area contributed by atoms with Gasteiger partial charge in [0.25, 0.3) is 0 Å². The predicted molar refractivity (Wildman–Crippen MR) is 113 cm³/mol. The second kappa shape index (κ2) is 9.23. The van der Waals surface area contributed by atoms with Crippen molar-refractivity contribution in [2.24, 2.45) is 0 Å². The van der Waals surface area contributed by atoms with Crippen LogP contribution in [0.25, 0.3) is 0 Å². The molecule has 1 N–H and O–H groups in total. The lowest BCUT2D eigenvalue weighted by atomic mass is 10.0. The first-order valence-corrected chi connectivity index (χ1v) is 10.1.